The van der Waals surface area contributed by atoms with Crippen molar-refractivity contribution < 1.29 is 14.7 Å². The van der Waals surface area contributed by atoms with Crippen LogP contribution in [0.5, 0.6) is 0 Å². The number of carboxylic acid groups (broad SMARTS) is 1. The summed E-state index contributed by atoms with van der Waals surface area (Å²) in [6.45, 7) is 6.84. The first kappa shape index (κ1) is 17.3. The number of amides is 1. The zero-order valence-corrected chi connectivity index (χ0v) is 13.2. The fraction of sp³-hybridized carbons (Fsp3) is 0.625. The van der Waals surface area contributed by atoms with Crippen molar-refractivity contribution in [3.8, 4) is 0 Å². The second-order valence-electron chi connectivity index (χ2n) is 6.22. The van der Waals surface area contributed by atoms with Crippen molar-refractivity contribution in [2.75, 3.05) is 6.54 Å². The number of carboxylic acids is 1. The first-order valence-corrected chi connectivity index (χ1v) is 7.51. The molecule has 5 nitrogen and oxygen atoms in total. The molecular formula is C16H26N2O3. The lowest BCUT2D eigenvalue weighted by molar-refractivity contribution is -0.137. The Morgan fingerprint density at radius 1 is 1.33 bits per heavy atom. The molecule has 0 aliphatic heterocycles. The lowest BCUT2D eigenvalue weighted by atomic mass is 9.87. The summed E-state index contributed by atoms with van der Waals surface area (Å²) in [4.78, 5) is 22.9. The van der Waals surface area contributed by atoms with Gasteiger partial charge >= 0.3 is 5.97 Å². The molecule has 0 atom stereocenters. The summed E-state index contributed by atoms with van der Waals surface area (Å²) < 4.78 is 1.45. The second kappa shape index (κ2) is 7.86. The molecule has 0 saturated heterocycles. The Hall–Kier alpha value is -1.78. The van der Waals surface area contributed by atoms with Gasteiger partial charge in [0.2, 0.25) is 0 Å². The smallest absolute Gasteiger partial charge is 0.323 e. The second-order valence-corrected chi connectivity index (χ2v) is 6.22. The number of carbonyl (C=O) groups excluding carboxylic acids is 1. The Morgan fingerprint density at radius 3 is 2.67 bits per heavy atom. The summed E-state index contributed by atoms with van der Waals surface area (Å²) >= 11 is 0. The van der Waals surface area contributed by atoms with E-state index in [0.29, 0.717) is 12.2 Å². The number of nitrogens with zero attached hydrogens (tertiary/aromatic N) is 1. The number of hydrogen-bond acceptors (Lipinski definition) is 2. The summed E-state index contributed by atoms with van der Waals surface area (Å²) in [5.41, 5.74) is 0.441. The summed E-state index contributed by atoms with van der Waals surface area (Å²) in [6, 6.07) is 3.33. The monoisotopic (exact) mass is 294 g/mol. The molecule has 1 amide bonds. The molecule has 0 aromatic carbocycles. The van der Waals surface area contributed by atoms with E-state index in [9.17, 15) is 9.59 Å². The molecule has 1 aromatic rings. The van der Waals surface area contributed by atoms with Crippen LogP contribution in [0, 0.1) is 5.41 Å². The van der Waals surface area contributed by atoms with Gasteiger partial charge in [0.05, 0.1) is 0 Å². The van der Waals surface area contributed by atoms with Crippen LogP contribution in [0.15, 0.2) is 18.3 Å². The van der Waals surface area contributed by atoms with Gasteiger partial charge in [-0.05, 0) is 24.0 Å². The minimum absolute atomic E-state index is 0.0506. The van der Waals surface area contributed by atoms with Crippen molar-refractivity contribution in [2.45, 2.75) is 53.0 Å². The average Bonchev–Trinajstić information content (AvgIpc) is 2.83. The first-order chi connectivity index (χ1) is 9.85. The Bertz CT molecular complexity index is 478. The highest BCUT2D eigenvalue weighted by molar-refractivity contribution is 5.93. The predicted octanol–water partition coefficient (Wildman–Crippen LogP) is 2.91. The van der Waals surface area contributed by atoms with E-state index in [1.54, 1.807) is 18.3 Å². The SMILES string of the molecule is CCCCCC(C)(C)CNC(=O)c1cccn1CC(=O)O. The van der Waals surface area contributed by atoms with Crippen molar-refractivity contribution in [1.29, 1.82) is 0 Å². The maximum absolute atomic E-state index is 12.2. The Morgan fingerprint density at radius 2 is 2.05 bits per heavy atom. The molecule has 2 N–H and O–H groups in total. The van der Waals surface area contributed by atoms with Crippen molar-refractivity contribution in [2.24, 2.45) is 5.41 Å². The Labute approximate surface area is 126 Å². The number of hydrogen-bond donors (Lipinski definition) is 2. The van der Waals surface area contributed by atoms with Crippen LogP contribution in [0.4, 0.5) is 0 Å². The average molecular weight is 294 g/mol. The molecule has 1 rings (SSSR count). The van der Waals surface area contributed by atoms with Gasteiger partial charge in [-0.3, -0.25) is 9.59 Å². The van der Waals surface area contributed by atoms with Crippen LogP contribution >= 0.6 is 0 Å². The summed E-state index contributed by atoms with van der Waals surface area (Å²) in [6.07, 6.45) is 6.23. The van der Waals surface area contributed by atoms with Gasteiger partial charge in [0.15, 0.2) is 0 Å². The van der Waals surface area contributed by atoms with Crippen molar-refractivity contribution >= 4 is 11.9 Å². The van der Waals surface area contributed by atoms with Gasteiger partial charge in [0.1, 0.15) is 12.2 Å². The highest BCUT2D eigenvalue weighted by Crippen LogP contribution is 2.22. The lowest BCUT2D eigenvalue weighted by Gasteiger charge is -2.25. The standard InChI is InChI=1S/C16H26N2O3/c1-4-5-6-9-16(2,3)12-17-15(21)13-8-7-10-18(13)11-14(19)20/h7-8,10H,4-6,9,11-12H2,1-3H3,(H,17,21)(H,19,20). The molecule has 0 bridgehead atoms. The van der Waals surface area contributed by atoms with Crippen LogP contribution < -0.4 is 5.32 Å². The highest BCUT2D eigenvalue weighted by Gasteiger charge is 2.20. The lowest BCUT2D eigenvalue weighted by Crippen LogP contribution is -2.35. The third-order valence-corrected chi connectivity index (χ3v) is 3.55. The van der Waals surface area contributed by atoms with Crippen LogP contribution in [-0.4, -0.2) is 28.1 Å². The number of carbonyl (C=O) groups is 2. The number of nitrogens with one attached hydrogen (secondary N) is 1. The van der Waals surface area contributed by atoms with Gasteiger partial charge in [0.25, 0.3) is 5.91 Å². The Kier molecular flexibility index (Phi) is 6.46. The molecule has 0 radical (unpaired) electrons. The van der Waals surface area contributed by atoms with Gasteiger partial charge in [-0.15, -0.1) is 0 Å². The quantitative estimate of drug-likeness (QED) is 0.688. The van der Waals surface area contributed by atoms with Crippen molar-refractivity contribution in [3.63, 3.8) is 0 Å². The van der Waals surface area contributed by atoms with E-state index < -0.39 is 5.97 Å². The van der Waals surface area contributed by atoms with Crippen LogP contribution in [0.25, 0.3) is 0 Å². The first-order valence-electron chi connectivity index (χ1n) is 7.51. The van der Waals surface area contributed by atoms with E-state index in [2.05, 4.69) is 26.1 Å². The van der Waals surface area contributed by atoms with E-state index in [-0.39, 0.29) is 17.9 Å². The fourth-order valence-electron chi connectivity index (χ4n) is 2.26. The number of unbranched alkanes of at least 4 members (excludes halogenated alkanes) is 2. The molecule has 0 saturated carbocycles. The van der Waals surface area contributed by atoms with Gasteiger partial charge < -0.3 is 15.0 Å². The zero-order chi connectivity index (χ0) is 15.9. The molecule has 0 unspecified atom stereocenters. The van der Waals surface area contributed by atoms with E-state index in [0.717, 1.165) is 12.8 Å². The van der Waals surface area contributed by atoms with Crippen LogP contribution in [0.1, 0.15) is 56.9 Å². The van der Waals surface area contributed by atoms with Crippen molar-refractivity contribution in [3.05, 3.63) is 24.0 Å². The molecule has 0 fully saturated rings. The third-order valence-electron chi connectivity index (χ3n) is 3.55. The molecule has 118 valence electrons. The van der Waals surface area contributed by atoms with E-state index in [1.165, 1.54) is 17.4 Å². The van der Waals surface area contributed by atoms with E-state index >= 15 is 0 Å². The molecule has 21 heavy (non-hydrogen) atoms. The molecule has 0 aliphatic carbocycles. The maximum Gasteiger partial charge on any atom is 0.323 e. The molecule has 5 heteroatoms. The summed E-state index contributed by atoms with van der Waals surface area (Å²) in [7, 11) is 0. The molecule has 1 aromatic heterocycles. The minimum atomic E-state index is -0.958. The van der Waals surface area contributed by atoms with Crippen LogP contribution in [0.3, 0.4) is 0 Å². The van der Waals surface area contributed by atoms with Crippen LogP contribution in [-0.2, 0) is 11.3 Å². The third kappa shape index (κ3) is 6.02. The van der Waals surface area contributed by atoms with E-state index in [1.807, 2.05) is 0 Å². The van der Waals surface area contributed by atoms with Crippen molar-refractivity contribution in [1.82, 2.24) is 9.88 Å². The summed E-state index contributed by atoms with van der Waals surface area (Å²) in [5, 5.41) is 11.7. The predicted molar refractivity (Wildman–Crippen MR) is 82.3 cm³/mol. The number of rotatable bonds is 9. The van der Waals surface area contributed by atoms with E-state index in [4.69, 9.17) is 5.11 Å². The molecule has 0 aliphatic rings. The number of aromatic nitrogens is 1. The zero-order valence-electron chi connectivity index (χ0n) is 13.2. The molecule has 1 heterocycles. The highest BCUT2D eigenvalue weighted by atomic mass is 16.4. The van der Waals surface area contributed by atoms with Gasteiger partial charge in [0, 0.05) is 12.7 Å². The normalized spacial score (nSPS) is 11.4. The van der Waals surface area contributed by atoms with Gasteiger partial charge in [-0.2, -0.15) is 0 Å². The molecular weight excluding hydrogens is 268 g/mol. The largest absolute Gasteiger partial charge is 0.480 e. The number of aliphatic carboxylic acids is 1. The Balaban J connectivity index is 2.53. The summed E-state index contributed by atoms with van der Waals surface area (Å²) in [5.74, 6) is -1.18. The van der Waals surface area contributed by atoms with Gasteiger partial charge in [-0.25, -0.2) is 0 Å². The minimum Gasteiger partial charge on any atom is -0.480 e. The van der Waals surface area contributed by atoms with Gasteiger partial charge in [-0.1, -0.05) is 40.0 Å². The fourth-order valence-corrected chi connectivity index (χ4v) is 2.26. The van der Waals surface area contributed by atoms with Crippen LogP contribution in [0.2, 0.25) is 0 Å². The topological polar surface area (TPSA) is 71.3 Å². The molecule has 0 spiro atoms. The maximum atomic E-state index is 12.2.